The van der Waals surface area contributed by atoms with Crippen molar-refractivity contribution in [3.8, 4) is 11.5 Å². The quantitative estimate of drug-likeness (QED) is 0.628. The smallest absolute Gasteiger partial charge is 0.231 e. The van der Waals surface area contributed by atoms with Gasteiger partial charge in [-0.3, -0.25) is 4.79 Å². The number of hydrogen-bond acceptors (Lipinski definition) is 5. The molecule has 29 heavy (non-hydrogen) atoms. The predicted molar refractivity (Wildman–Crippen MR) is 108 cm³/mol. The maximum atomic E-state index is 14.4. The third-order valence-corrected chi connectivity index (χ3v) is 5.52. The Morgan fingerprint density at radius 2 is 2.03 bits per heavy atom. The van der Waals surface area contributed by atoms with Crippen LogP contribution in [0.4, 0.5) is 4.39 Å². The van der Waals surface area contributed by atoms with E-state index in [-0.39, 0.29) is 17.5 Å². The first kappa shape index (κ1) is 19.3. The van der Waals surface area contributed by atoms with Gasteiger partial charge in [0.2, 0.25) is 5.91 Å². The number of ether oxygens (including phenoxy) is 2. The zero-order valence-corrected chi connectivity index (χ0v) is 16.6. The normalized spacial score (nSPS) is 13.7. The van der Waals surface area contributed by atoms with Crippen molar-refractivity contribution in [3.63, 3.8) is 0 Å². The molecule has 1 atom stereocenters. The van der Waals surface area contributed by atoms with Crippen molar-refractivity contribution in [2.75, 3.05) is 19.0 Å². The molecule has 1 aliphatic rings. The van der Waals surface area contributed by atoms with Gasteiger partial charge in [-0.2, -0.15) is 0 Å². The average Bonchev–Trinajstić information content (AvgIpc) is 3.16. The molecule has 0 spiro atoms. The highest BCUT2D eigenvalue weighted by molar-refractivity contribution is 8.00. The Kier molecular flexibility index (Phi) is 5.71. The molecule has 0 fully saturated rings. The molecule has 1 aliphatic heterocycles. The summed E-state index contributed by atoms with van der Waals surface area (Å²) in [6.45, 7) is 1.04. The van der Waals surface area contributed by atoms with E-state index in [2.05, 4.69) is 10.3 Å². The Morgan fingerprint density at radius 1 is 1.24 bits per heavy atom. The van der Waals surface area contributed by atoms with Crippen LogP contribution in [0.2, 0.25) is 0 Å². The number of aromatic nitrogens is 2. The summed E-state index contributed by atoms with van der Waals surface area (Å²) in [6.07, 6.45) is 3.39. The minimum atomic E-state index is -0.676. The molecule has 150 valence electrons. The van der Waals surface area contributed by atoms with Gasteiger partial charge in [0.25, 0.3) is 0 Å². The van der Waals surface area contributed by atoms with E-state index in [4.69, 9.17) is 9.47 Å². The molecule has 1 aromatic heterocycles. The van der Waals surface area contributed by atoms with Crippen LogP contribution in [0.15, 0.2) is 59.8 Å². The molecule has 0 bridgehead atoms. The molecule has 0 aliphatic carbocycles. The number of amides is 1. The fourth-order valence-corrected chi connectivity index (χ4v) is 3.85. The Hall–Kier alpha value is -3.00. The van der Waals surface area contributed by atoms with E-state index < -0.39 is 6.04 Å². The molecule has 2 aromatic carbocycles. The van der Waals surface area contributed by atoms with Gasteiger partial charge in [0.15, 0.2) is 11.5 Å². The molecule has 1 amide bonds. The lowest BCUT2D eigenvalue weighted by atomic mass is 10.1. The number of rotatable bonds is 6. The molecule has 2 heterocycles. The van der Waals surface area contributed by atoms with Gasteiger partial charge in [0, 0.05) is 29.9 Å². The van der Waals surface area contributed by atoms with E-state index in [1.807, 2.05) is 25.2 Å². The van der Waals surface area contributed by atoms with Gasteiger partial charge in [-0.1, -0.05) is 18.2 Å². The first-order valence-corrected chi connectivity index (χ1v) is 10.1. The first-order valence-electron chi connectivity index (χ1n) is 9.15. The lowest BCUT2D eigenvalue weighted by Crippen LogP contribution is -2.32. The lowest BCUT2D eigenvalue weighted by molar-refractivity contribution is -0.119. The Labute approximate surface area is 172 Å². The van der Waals surface area contributed by atoms with Crippen LogP contribution < -0.4 is 14.8 Å². The summed E-state index contributed by atoms with van der Waals surface area (Å²) in [7, 11) is 1.81. The second-order valence-corrected chi connectivity index (χ2v) is 7.56. The van der Waals surface area contributed by atoms with E-state index in [0.29, 0.717) is 36.1 Å². The van der Waals surface area contributed by atoms with Gasteiger partial charge in [-0.25, -0.2) is 9.37 Å². The highest BCUT2D eigenvalue weighted by atomic mass is 32.2. The van der Waals surface area contributed by atoms with E-state index in [1.54, 1.807) is 35.2 Å². The number of benzene rings is 2. The van der Waals surface area contributed by atoms with Gasteiger partial charge in [0.1, 0.15) is 30.9 Å². The summed E-state index contributed by atoms with van der Waals surface area (Å²) in [6, 6.07) is 11.3. The van der Waals surface area contributed by atoms with Crippen molar-refractivity contribution < 1.29 is 18.7 Å². The predicted octanol–water partition coefficient (Wildman–Crippen LogP) is 3.33. The number of nitrogens with one attached hydrogen (secondary N) is 1. The number of fused-ring (bicyclic) bond motifs is 1. The van der Waals surface area contributed by atoms with Gasteiger partial charge in [-0.15, -0.1) is 11.8 Å². The maximum absolute atomic E-state index is 14.4. The van der Waals surface area contributed by atoms with Crippen molar-refractivity contribution in [2.24, 2.45) is 7.05 Å². The monoisotopic (exact) mass is 413 g/mol. The summed E-state index contributed by atoms with van der Waals surface area (Å²) in [5, 5.41) is 2.91. The zero-order valence-electron chi connectivity index (χ0n) is 15.8. The third kappa shape index (κ3) is 4.37. The SMILES string of the molecule is Cn1ccnc1C(NC(=O)CSc1ccc2c(c1)OCCO2)c1ccccc1F. The number of carbonyl (C=O) groups is 1. The Morgan fingerprint density at radius 3 is 2.79 bits per heavy atom. The average molecular weight is 413 g/mol. The molecule has 0 saturated carbocycles. The Balaban J connectivity index is 1.47. The standard InChI is InChI=1S/C21H20FN3O3S/c1-25-9-8-23-21(25)20(15-4-2-3-5-16(15)22)24-19(26)13-29-14-6-7-17-18(12-14)28-11-10-27-17/h2-9,12,20H,10-11,13H2,1H3,(H,24,26). The minimum Gasteiger partial charge on any atom is -0.486 e. The van der Waals surface area contributed by atoms with Gasteiger partial charge in [0.05, 0.1) is 5.75 Å². The van der Waals surface area contributed by atoms with Crippen molar-refractivity contribution in [3.05, 3.63) is 72.1 Å². The van der Waals surface area contributed by atoms with Crippen molar-refractivity contribution in [2.45, 2.75) is 10.9 Å². The number of hydrogen-bond donors (Lipinski definition) is 1. The van der Waals surface area contributed by atoms with E-state index in [1.165, 1.54) is 17.8 Å². The van der Waals surface area contributed by atoms with E-state index in [9.17, 15) is 9.18 Å². The number of carbonyl (C=O) groups excluding carboxylic acids is 1. The number of halogens is 1. The zero-order chi connectivity index (χ0) is 20.2. The second kappa shape index (κ2) is 8.57. The fourth-order valence-electron chi connectivity index (χ4n) is 3.11. The Bertz CT molecular complexity index is 1020. The van der Waals surface area contributed by atoms with E-state index in [0.717, 1.165) is 4.90 Å². The molecule has 6 nitrogen and oxygen atoms in total. The lowest BCUT2D eigenvalue weighted by Gasteiger charge is -2.20. The van der Waals surface area contributed by atoms with Crippen molar-refractivity contribution >= 4 is 17.7 Å². The van der Waals surface area contributed by atoms with Crippen LogP contribution in [0.25, 0.3) is 0 Å². The highest BCUT2D eigenvalue weighted by Crippen LogP contribution is 2.34. The van der Waals surface area contributed by atoms with Crippen LogP contribution >= 0.6 is 11.8 Å². The highest BCUT2D eigenvalue weighted by Gasteiger charge is 2.23. The molecule has 3 aromatic rings. The maximum Gasteiger partial charge on any atom is 0.231 e. The minimum absolute atomic E-state index is 0.176. The first-order chi connectivity index (χ1) is 14.1. The summed E-state index contributed by atoms with van der Waals surface area (Å²) in [5.74, 6) is 1.52. The fraction of sp³-hybridized carbons (Fsp3) is 0.238. The van der Waals surface area contributed by atoms with Crippen LogP contribution in [0.3, 0.4) is 0 Å². The summed E-state index contributed by atoms with van der Waals surface area (Å²) in [4.78, 5) is 17.8. The topological polar surface area (TPSA) is 65.4 Å². The van der Waals surface area contributed by atoms with Crippen LogP contribution in [-0.4, -0.2) is 34.4 Å². The van der Waals surface area contributed by atoms with Crippen molar-refractivity contribution in [1.29, 1.82) is 0 Å². The molecular weight excluding hydrogens is 393 g/mol. The van der Waals surface area contributed by atoms with Crippen LogP contribution in [0.1, 0.15) is 17.4 Å². The summed E-state index contributed by atoms with van der Waals surface area (Å²) in [5.41, 5.74) is 0.375. The molecule has 1 N–H and O–H groups in total. The largest absolute Gasteiger partial charge is 0.486 e. The number of imidazole rings is 1. The molecule has 0 radical (unpaired) electrons. The van der Waals surface area contributed by atoms with Crippen molar-refractivity contribution in [1.82, 2.24) is 14.9 Å². The van der Waals surface area contributed by atoms with Crippen LogP contribution in [-0.2, 0) is 11.8 Å². The van der Waals surface area contributed by atoms with Gasteiger partial charge >= 0.3 is 0 Å². The van der Waals surface area contributed by atoms with Gasteiger partial charge in [-0.05, 0) is 24.3 Å². The summed E-state index contributed by atoms with van der Waals surface area (Å²) >= 11 is 1.38. The second-order valence-electron chi connectivity index (χ2n) is 6.51. The third-order valence-electron chi connectivity index (χ3n) is 4.52. The van der Waals surface area contributed by atoms with Gasteiger partial charge < -0.3 is 19.4 Å². The molecule has 1 unspecified atom stereocenters. The number of nitrogens with zero attached hydrogens (tertiary/aromatic N) is 2. The molecular formula is C21H20FN3O3S. The number of thioether (sulfide) groups is 1. The number of aryl methyl sites for hydroxylation is 1. The van der Waals surface area contributed by atoms with E-state index >= 15 is 0 Å². The molecule has 4 rings (SSSR count). The van der Waals surface area contributed by atoms with Crippen LogP contribution in [0.5, 0.6) is 11.5 Å². The summed E-state index contributed by atoms with van der Waals surface area (Å²) < 4.78 is 27.3. The molecule has 8 heteroatoms. The van der Waals surface area contributed by atoms with Crippen LogP contribution in [0, 0.1) is 5.82 Å². The molecule has 0 saturated heterocycles.